The maximum atomic E-state index is 13.0. The predicted octanol–water partition coefficient (Wildman–Crippen LogP) is 3.55. The molecular weight excluding hydrogens is 269 g/mol. The van der Waals surface area contributed by atoms with Crippen LogP contribution in [-0.4, -0.2) is 29.5 Å². The molecule has 1 aromatic rings. The highest BCUT2D eigenvalue weighted by Crippen LogP contribution is 2.31. The van der Waals surface area contributed by atoms with E-state index < -0.39 is 0 Å². The second kappa shape index (κ2) is 6.14. The number of benzene rings is 1. The molecule has 1 saturated heterocycles. The fourth-order valence-electron chi connectivity index (χ4n) is 2.63. The standard InChI is InChI=1S/C17H24FNO2/c1-12(2)9-16(20)19-10-15(21-11-17(19,3)4)13-5-7-14(18)8-6-13/h5-8,12,15H,9-11H2,1-4H3. The van der Waals surface area contributed by atoms with Crippen molar-refractivity contribution in [3.05, 3.63) is 35.6 Å². The number of nitrogens with zero attached hydrogens (tertiary/aromatic N) is 1. The van der Waals surface area contributed by atoms with Crippen LogP contribution >= 0.6 is 0 Å². The van der Waals surface area contributed by atoms with Crippen LogP contribution in [0, 0.1) is 11.7 Å². The summed E-state index contributed by atoms with van der Waals surface area (Å²) in [7, 11) is 0. The average Bonchev–Trinajstić information content (AvgIpc) is 2.38. The highest BCUT2D eigenvalue weighted by atomic mass is 19.1. The van der Waals surface area contributed by atoms with Gasteiger partial charge in [-0.15, -0.1) is 0 Å². The van der Waals surface area contributed by atoms with E-state index in [1.807, 2.05) is 32.6 Å². The lowest BCUT2D eigenvalue weighted by molar-refractivity contribution is -0.155. The summed E-state index contributed by atoms with van der Waals surface area (Å²) >= 11 is 0. The van der Waals surface area contributed by atoms with Crippen LogP contribution < -0.4 is 0 Å². The molecule has 1 heterocycles. The highest BCUT2D eigenvalue weighted by molar-refractivity contribution is 5.77. The molecule has 2 rings (SSSR count). The van der Waals surface area contributed by atoms with Crippen molar-refractivity contribution in [2.45, 2.75) is 45.8 Å². The molecule has 1 fully saturated rings. The third kappa shape index (κ3) is 3.82. The van der Waals surface area contributed by atoms with Gasteiger partial charge in [-0.3, -0.25) is 4.79 Å². The lowest BCUT2D eigenvalue weighted by Gasteiger charge is -2.45. The Hall–Kier alpha value is -1.42. The van der Waals surface area contributed by atoms with E-state index in [4.69, 9.17) is 4.74 Å². The molecule has 1 aromatic carbocycles. The summed E-state index contributed by atoms with van der Waals surface area (Å²) in [5.74, 6) is 0.230. The monoisotopic (exact) mass is 293 g/mol. The SMILES string of the molecule is CC(C)CC(=O)N1CC(c2ccc(F)cc2)OCC1(C)C. The first-order valence-electron chi connectivity index (χ1n) is 7.47. The number of amides is 1. The number of carbonyl (C=O) groups is 1. The molecule has 116 valence electrons. The quantitative estimate of drug-likeness (QED) is 0.853. The first-order valence-corrected chi connectivity index (χ1v) is 7.47. The molecule has 0 aromatic heterocycles. The van der Waals surface area contributed by atoms with E-state index in [0.29, 0.717) is 25.5 Å². The van der Waals surface area contributed by atoms with Crippen molar-refractivity contribution in [1.29, 1.82) is 0 Å². The van der Waals surface area contributed by atoms with E-state index in [1.165, 1.54) is 12.1 Å². The van der Waals surface area contributed by atoms with Crippen LogP contribution in [0.5, 0.6) is 0 Å². The summed E-state index contributed by atoms with van der Waals surface area (Å²) in [4.78, 5) is 14.4. The van der Waals surface area contributed by atoms with Gasteiger partial charge in [0.05, 0.1) is 18.7 Å². The molecule has 1 unspecified atom stereocenters. The Morgan fingerprint density at radius 1 is 1.38 bits per heavy atom. The van der Waals surface area contributed by atoms with Gasteiger partial charge in [-0.1, -0.05) is 26.0 Å². The van der Waals surface area contributed by atoms with Gasteiger partial charge in [0.1, 0.15) is 11.9 Å². The van der Waals surface area contributed by atoms with Gasteiger partial charge in [-0.05, 0) is 37.5 Å². The van der Waals surface area contributed by atoms with Gasteiger partial charge in [0.25, 0.3) is 0 Å². The maximum Gasteiger partial charge on any atom is 0.223 e. The van der Waals surface area contributed by atoms with Crippen molar-refractivity contribution in [2.75, 3.05) is 13.2 Å². The van der Waals surface area contributed by atoms with Crippen LogP contribution in [0.15, 0.2) is 24.3 Å². The molecule has 0 spiro atoms. The molecular formula is C17H24FNO2. The second-order valence-corrected chi connectivity index (χ2v) is 6.77. The van der Waals surface area contributed by atoms with Crippen molar-refractivity contribution in [2.24, 2.45) is 5.92 Å². The van der Waals surface area contributed by atoms with Crippen molar-refractivity contribution < 1.29 is 13.9 Å². The van der Waals surface area contributed by atoms with E-state index in [-0.39, 0.29) is 23.4 Å². The minimum atomic E-state index is -0.303. The molecule has 1 aliphatic rings. The van der Waals surface area contributed by atoms with E-state index in [1.54, 1.807) is 12.1 Å². The maximum absolute atomic E-state index is 13.0. The number of halogens is 1. The second-order valence-electron chi connectivity index (χ2n) is 6.77. The molecule has 1 aliphatic heterocycles. The number of morpholine rings is 1. The van der Waals surface area contributed by atoms with Crippen molar-refractivity contribution in [1.82, 2.24) is 4.90 Å². The Labute approximate surface area is 126 Å². The molecule has 21 heavy (non-hydrogen) atoms. The molecule has 4 heteroatoms. The van der Waals surface area contributed by atoms with Crippen LogP contribution in [-0.2, 0) is 9.53 Å². The Morgan fingerprint density at radius 3 is 2.57 bits per heavy atom. The third-order valence-electron chi connectivity index (χ3n) is 3.84. The molecule has 3 nitrogen and oxygen atoms in total. The molecule has 1 atom stereocenters. The molecule has 1 amide bonds. The summed E-state index contributed by atoms with van der Waals surface area (Å²) in [6.07, 6.45) is 0.356. The van der Waals surface area contributed by atoms with Gasteiger partial charge < -0.3 is 9.64 Å². The number of rotatable bonds is 3. The Kier molecular flexibility index (Phi) is 4.67. The zero-order chi connectivity index (χ0) is 15.6. The van der Waals surface area contributed by atoms with Gasteiger partial charge >= 0.3 is 0 Å². The van der Waals surface area contributed by atoms with Crippen LogP contribution in [0.2, 0.25) is 0 Å². The number of ether oxygens (including phenoxy) is 1. The molecule has 0 radical (unpaired) electrons. The molecule has 0 saturated carbocycles. The lowest BCUT2D eigenvalue weighted by atomic mass is 9.96. The number of hydrogen-bond donors (Lipinski definition) is 0. The molecule has 0 bridgehead atoms. The van der Waals surface area contributed by atoms with Gasteiger partial charge in [-0.25, -0.2) is 4.39 Å². The highest BCUT2D eigenvalue weighted by Gasteiger charge is 2.38. The first-order chi connectivity index (χ1) is 9.79. The summed E-state index contributed by atoms with van der Waals surface area (Å²) in [5, 5.41) is 0. The number of hydrogen-bond acceptors (Lipinski definition) is 2. The van der Waals surface area contributed by atoms with Gasteiger partial charge in [0.2, 0.25) is 5.91 Å². The molecule has 0 aliphatic carbocycles. The smallest absolute Gasteiger partial charge is 0.223 e. The minimum absolute atomic E-state index is 0.158. The van der Waals surface area contributed by atoms with Crippen LogP contribution in [0.4, 0.5) is 4.39 Å². The zero-order valence-electron chi connectivity index (χ0n) is 13.2. The van der Waals surface area contributed by atoms with Gasteiger partial charge in [-0.2, -0.15) is 0 Å². The Morgan fingerprint density at radius 2 is 2.00 bits per heavy atom. The summed E-state index contributed by atoms with van der Waals surface area (Å²) in [6.45, 7) is 9.13. The van der Waals surface area contributed by atoms with Crippen molar-refractivity contribution in [3.8, 4) is 0 Å². The largest absolute Gasteiger partial charge is 0.369 e. The van der Waals surface area contributed by atoms with Crippen LogP contribution in [0.1, 0.15) is 45.8 Å². The van der Waals surface area contributed by atoms with Gasteiger partial charge in [0, 0.05) is 6.42 Å². The van der Waals surface area contributed by atoms with E-state index >= 15 is 0 Å². The topological polar surface area (TPSA) is 29.5 Å². The number of carbonyl (C=O) groups excluding carboxylic acids is 1. The summed E-state index contributed by atoms with van der Waals surface area (Å²) in [5.41, 5.74) is 0.608. The molecule has 0 N–H and O–H groups in total. The van der Waals surface area contributed by atoms with E-state index in [9.17, 15) is 9.18 Å². The Bertz CT molecular complexity index is 496. The van der Waals surface area contributed by atoms with Crippen LogP contribution in [0.25, 0.3) is 0 Å². The minimum Gasteiger partial charge on any atom is -0.369 e. The lowest BCUT2D eigenvalue weighted by Crippen LogP contribution is -2.56. The van der Waals surface area contributed by atoms with Crippen LogP contribution in [0.3, 0.4) is 0 Å². The fraction of sp³-hybridized carbons (Fsp3) is 0.588. The summed E-state index contributed by atoms with van der Waals surface area (Å²) in [6, 6.07) is 6.31. The van der Waals surface area contributed by atoms with E-state index in [2.05, 4.69) is 0 Å². The fourth-order valence-corrected chi connectivity index (χ4v) is 2.63. The average molecular weight is 293 g/mol. The van der Waals surface area contributed by atoms with Crippen molar-refractivity contribution >= 4 is 5.91 Å². The zero-order valence-corrected chi connectivity index (χ0v) is 13.2. The van der Waals surface area contributed by atoms with Crippen molar-refractivity contribution in [3.63, 3.8) is 0 Å². The van der Waals surface area contributed by atoms with E-state index in [0.717, 1.165) is 5.56 Å². The Balaban J connectivity index is 2.15. The first kappa shape index (κ1) is 16.0. The normalized spacial score (nSPS) is 21.6. The van der Waals surface area contributed by atoms with Gasteiger partial charge in [0.15, 0.2) is 0 Å². The summed E-state index contributed by atoms with van der Waals surface area (Å²) < 4.78 is 18.9. The predicted molar refractivity (Wildman–Crippen MR) is 80.3 cm³/mol. The third-order valence-corrected chi connectivity index (χ3v) is 3.84.